The van der Waals surface area contributed by atoms with Crippen LogP contribution in [0.5, 0.6) is 0 Å². The number of rotatable bonds is 1. The van der Waals surface area contributed by atoms with E-state index < -0.39 is 0 Å². The highest BCUT2D eigenvalue weighted by Crippen LogP contribution is 2.22. The molecular weight excluding hydrogens is 229 g/mol. The molecule has 3 rings (SSSR count). The van der Waals surface area contributed by atoms with Crippen LogP contribution in [0.25, 0.3) is 17.0 Å². The van der Waals surface area contributed by atoms with E-state index >= 15 is 0 Å². The van der Waals surface area contributed by atoms with Gasteiger partial charge in [0.05, 0.1) is 11.9 Å². The fourth-order valence-electron chi connectivity index (χ4n) is 2.03. The Bertz CT molecular complexity index is 714. The molecule has 4 heteroatoms. The molecule has 0 aliphatic carbocycles. The predicted molar refractivity (Wildman–Crippen MR) is 67.9 cm³/mol. The molecule has 3 aromatic heterocycles. The molecule has 0 amide bonds. The second kappa shape index (κ2) is 3.91. The average molecular weight is 241 g/mol. The van der Waals surface area contributed by atoms with Crippen molar-refractivity contribution in [1.82, 2.24) is 14.4 Å². The van der Waals surface area contributed by atoms with E-state index in [1.165, 1.54) is 12.3 Å². The molecule has 0 spiro atoms. The van der Waals surface area contributed by atoms with Crippen molar-refractivity contribution in [3.8, 4) is 11.4 Å². The minimum absolute atomic E-state index is 0.337. The molecule has 0 aromatic carbocycles. The average Bonchev–Trinajstić information content (AvgIpc) is 2.67. The summed E-state index contributed by atoms with van der Waals surface area (Å²) in [5.41, 5.74) is 4.53. The Morgan fingerprint density at radius 1 is 1.17 bits per heavy atom. The third kappa shape index (κ3) is 1.66. The van der Waals surface area contributed by atoms with Crippen molar-refractivity contribution in [3.63, 3.8) is 0 Å². The Balaban J connectivity index is 2.23. The summed E-state index contributed by atoms with van der Waals surface area (Å²) in [6, 6.07) is 7.09. The lowest BCUT2D eigenvalue weighted by Gasteiger charge is -1.98. The van der Waals surface area contributed by atoms with Gasteiger partial charge in [0, 0.05) is 11.9 Å². The van der Waals surface area contributed by atoms with Gasteiger partial charge in [0.1, 0.15) is 17.2 Å². The van der Waals surface area contributed by atoms with Crippen LogP contribution in [0.4, 0.5) is 4.39 Å². The smallest absolute Gasteiger partial charge is 0.141 e. The number of aromatic nitrogens is 3. The van der Waals surface area contributed by atoms with Crippen molar-refractivity contribution >= 4 is 5.65 Å². The summed E-state index contributed by atoms with van der Waals surface area (Å²) in [5, 5.41) is 0. The van der Waals surface area contributed by atoms with Gasteiger partial charge in [-0.3, -0.25) is 4.98 Å². The van der Waals surface area contributed by atoms with Crippen LogP contribution in [0.1, 0.15) is 11.3 Å². The Morgan fingerprint density at radius 2 is 2.00 bits per heavy atom. The maximum Gasteiger partial charge on any atom is 0.141 e. The molecule has 0 aliphatic rings. The molecule has 0 unspecified atom stereocenters. The fraction of sp³-hybridized carbons (Fsp3) is 0.143. The van der Waals surface area contributed by atoms with E-state index in [-0.39, 0.29) is 5.82 Å². The number of aryl methyl sites for hydroxylation is 2. The molecule has 0 radical (unpaired) electrons. The van der Waals surface area contributed by atoms with Crippen molar-refractivity contribution in [2.24, 2.45) is 0 Å². The molecule has 18 heavy (non-hydrogen) atoms. The first-order valence-corrected chi connectivity index (χ1v) is 5.72. The van der Waals surface area contributed by atoms with Gasteiger partial charge in [0.2, 0.25) is 0 Å². The maximum absolute atomic E-state index is 12.9. The standard InChI is InChI=1S/C14H12FN3/c1-9-5-6-18-10(2)14(17-13(18)7-9)12-4-3-11(15)8-16-12/h3-8H,1-2H3. The first-order valence-electron chi connectivity index (χ1n) is 5.72. The molecule has 3 heterocycles. The van der Waals surface area contributed by atoms with E-state index in [9.17, 15) is 4.39 Å². The second-order valence-corrected chi connectivity index (χ2v) is 4.34. The molecule has 90 valence electrons. The number of nitrogens with zero attached hydrogens (tertiary/aromatic N) is 3. The minimum atomic E-state index is -0.337. The van der Waals surface area contributed by atoms with Gasteiger partial charge in [0.25, 0.3) is 0 Å². The Morgan fingerprint density at radius 3 is 2.72 bits per heavy atom. The molecule has 3 nitrogen and oxygen atoms in total. The molecule has 0 bridgehead atoms. The normalized spacial score (nSPS) is 11.1. The first-order chi connectivity index (χ1) is 8.65. The predicted octanol–water partition coefficient (Wildman–Crippen LogP) is 3.15. The van der Waals surface area contributed by atoms with Crippen LogP contribution in [0.15, 0.2) is 36.7 Å². The van der Waals surface area contributed by atoms with Crippen molar-refractivity contribution in [3.05, 3.63) is 53.7 Å². The second-order valence-electron chi connectivity index (χ2n) is 4.34. The first kappa shape index (κ1) is 10.9. The van der Waals surface area contributed by atoms with Gasteiger partial charge in [-0.15, -0.1) is 0 Å². The van der Waals surface area contributed by atoms with Gasteiger partial charge in [-0.25, -0.2) is 9.37 Å². The summed E-state index contributed by atoms with van der Waals surface area (Å²) in [4.78, 5) is 8.63. The molecular formula is C14H12FN3. The van der Waals surface area contributed by atoms with Gasteiger partial charge < -0.3 is 4.40 Å². The molecule has 0 saturated carbocycles. The SMILES string of the molecule is Cc1ccn2c(C)c(-c3ccc(F)cn3)nc2c1. The zero-order valence-corrected chi connectivity index (χ0v) is 10.2. The highest BCUT2D eigenvalue weighted by atomic mass is 19.1. The van der Waals surface area contributed by atoms with Crippen LogP contribution in [-0.4, -0.2) is 14.4 Å². The molecule has 0 saturated heterocycles. The van der Waals surface area contributed by atoms with Crippen LogP contribution in [0.2, 0.25) is 0 Å². The van der Waals surface area contributed by atoms with E-state index in [4.69, 9.17) is 0 Å². The Hall–Kier alpha value is -2.23. The highest BCUT2D eigenvalue weighted by molar-refractivity contribution is 5.63. The Kier molecular flexibility index (Phi) is 2.37. The van der Waals surface area contributed by atoms with E-state index in [1.807, 2.05) is 36.6 Å². The van der Waals surface area contributed by atoms with E-state index in [1.54, 1.807) is 6.07 Å². The number of fused-ring (bicyclic) bond motifs is 1. The third-order valence-corrected chi connectivity index (χ3v) is 2.99. The number of hydrogen-bond donors (Lipinski definition) is 0. The van der Waals surface area contributed by atoms with Gasteiger partial charge in [-0.2, -0.15) is 0 Å². The number of halogens is 1. The lowest BCUT2D eigenvalue weighted by molar-refractivity contribution is 0.622. The minimum Gasteiger partial charge on any atom is -0.304 e. The summed E-state index contributed by atoms with van der Waals surface area (Å²) in [6.45, 7) is 4.01. The van der Waals surface area contributed by atoms with Gasteiger partial charge in [-0.05, 0) is 43.7 Å². The van der Waals surface area contributed by atoms with Crippen molar-refractivity contribution in [2.75, 3.05) is 0 Å². The fourth-order valence-corrected chi connectivity index (χ4v) is 2.03. The lowest BCUT2D eigenvalue weighted by atomic mass is 10.2. The van der Waals surface area contributed by atoms with Crippen LogP contribution in [-0.2, 0) is 0 Å². The number of pyridine rings is 2. The third-order valence-electron chi connectivity index (χ3n) is 2.99. The van der Waals surface area contributed by atoms with E-state index in [2.05, 4.69) is 9.97 Å². The Labute approximate surface area is 104 Å². The van der Waals surface area contributed by atoms with Crippen LogP contribution in [0, 0.1) is 19.7 Å². The zero-order valence-electron chi connectivity index (χ0n) is 10.2. The summed E-state index contributed by atoms with van der Waals surface area (Å²) in [7, 11) is 0. The molecule has 0 fully saturated rings. The van der Waals surface area contributed by atoms with Gasteiger partial charge >= 0.3 is 0 Å². The van der Waals surface area contributed by atoms with Crippen molar-refractivity contribution in [2.45, 2.75) is 13.8 Å². The summed E-state index contributed by atoms with van der Waals surface area (Å²) in [5.74, 6) is -0.337. The van der Waals surface area contributed by atoms with Gasteiger partial charge in [-0.1, -0.05) is 0 Å². The monoisotopic (exact) mass is 241 g/mol. The zero-order chi connectivity index (χ0) is 12.7. The largest absolute Gasteiger partial charge is 0.304 e. The quantitative estimate of drug-likeness (QED) is 0.655. The molecule has 0 atom stereocenters. The number of imidazole rings is 1. The van der Waals surface area contributed by atoms with Crippen LogP contribution < -0.4 is 0 Å². The van der Waals surface area contributed by atoms with Gasteiger partial charge in [0.15, 0.2) is 0 Å². The van der Waals surface area contributed by atoms with E-state index in [0.29, 0.717) is 5.69 Å². The lowest BCUT2D eigenvalue weighted by Crippen LogP contribution is -1.89. The van der Waals surface area contributed by atoms with E-state index in [0.717, 1.165) is 22.6 Å². The maximum atomic E-state index is 12.9. The summed E-state index contributed by atoms with van der Waals surface area (Å²) < 4.78 is 14.9. The van der Waals surface area contributed by atoms with Crippen LogP contribution >= 0.6 is 0 Å². The summed E-state index contributed by atoms with van der Waals surface area (Å²) in [6.07, 6.45) is 3.20. The topological polar surface area (TPSA) is 30.2 Å². The van der Waals surface area contributed by atoms with Crippen LogP contribution in [0.3, 0.4) is 0 Å². The molecule has 3 aromatic rings. The number of hydrogen-bond acceptors (Lipinski definition) is 2. The van der Waals surface area contributed by atoms with Crippen molar-refractivity contribution in [1.29, 1.82) is 0 Å². The summed E-state index contributed by atoms with van der Waals surface area (Å²) >= 11 is 0. The highest BCUT2D eigenvalue weighted by Gasteiger charge is 2.11. The molecule has 0 aliphatic heterocycles. The molecule has 0 N–H and O–H groups in total. The van der Waals surface area contributed by atoms with Crippen molar-refractivity contribution < 1.29 is 4.39 Å².